The van der Waals surface area contributed by atoms with Crippen molar-refractivity contribution in [3.63, 3.8) is 0 Å². The Kier molecular flexibility index (Phi) is 2.28. The monoisotopic (exact) mass is 267 g/mol. The van der Waals surface area contributed by atoms with Gasteiger partial charge >= 0.3 is 0 Å². The fourth-order valence-corrected chi connectivity index (χ4v) is 1.61. The summed E-state index contributed by atoms with van der Waals surface area (Å²) < 4.78 is 0.635. The molecule has 1 aromatic carbocycles. The third kappa shape index (κ3) is 1.63. The van der Waals surface area contributed by atoms with E-state index in [1.54, 1.807) is 12.3 Å². The van der Waals surface area contributed by atoms with Crippen LogP contribution in [0.15, 0.2) is 28.9 Å². The Morgan fingerprint density at radius 3 is 2.87 bits per heavy atom. The number of anilines is 1. The summed E-state index contributed by atoms with van der Waals surface area (Å²) in [5.41, 5.74) is 6.89. The lowest BCUT2D eigenvalue weighted by Gasteiger charge is -2.02. The minimum Gasteiger partial charge on any atom is -0.397 e. The van der Waals surface area contributed by atoms with Crippen molar-refractivity contribution in [3.8, 4) is 0 Å². The van der Waals surface area contributed by atoms with Crippen LogP contribution in [0.1, 0.15) is 0 Å². The van der Waals surface area contributed by atoms with Gasteiger partial charge in [-0.1, -0.05) is 0 Å². The molecule has 0 fully saturated rings. The van der Waals surface area contributed by atoms with Crippen molar-refractivity contribution in [2.45, 2.75) is 0 Å². The molecule has 0 aliphatic rings. The predicted octanol–water partition coefficient (Wildman–Crippen LogP) is 2.49. The number of nitro groups is 1. The van der Waals surface area contributed by atoms with E-state index in [1.165, 1.54) is 12.1 Å². The molecule has 1 aromatic heterocycles. The summed E-state index contributed by atoms with van der Waals surface area (Å²) >= 11 is 3.22. The Labute approximate surface area is 93.2 Å². The molecule has 0 spiro atoms. The third-order valence-electron chi connectivity index (χ3n) is 2.06. The molecule has 0 unspecified atom stereocenters. The van der Waals surface area contributed by atoms with E-state index in [0.717, 1.165) is 0 Å². The van der Waals surface area contributed by atoms with Crippen molar-refractivity contribution in [1.82, 2.24) is 4.98 Å². The first-order valence-corrected chi connectivity index (χ1v) is 4.87. The number of nitrogen functional groups attached to an aromatic ring is 1. The lowest BCUT2D eigenvalue weighted by molar-refractivity contribution is -0.384. The number of aromatic nitrogens is 1. The van der Waals surface area contributed by atoms with Crippen LogP contribution in [0.4, 0.5) is 11.4 Å². The highest BCUT2D eigenvalue weighted by Gasteiger charge is 2.09. The largest absolute Gasteiger partial charge is 0.397 e. The van der Waals surface area contributed by atoms with Gasteiger partial charge in [0.15, 0.2) is 0 Å². The number of nitrogens with zero attached hydrogens (tertiary/aromatic N) is 2. The molecule has 0 amide bonds. The van der Waals surface area contributed by atoms with Crippen LogP contribution < -0.4 is 5.73 Å². The number of non-ortho nitro benzene ring substituents is 1. The molecular weight excluding hydrogens is 262 g/mol. The number of nitrogens with two attached hydrogens (primary N) is 1. The maximum absolute atomic E-state index is 10.6. The summed E-state index contributed by atoms with van der Waals surface area (Å²) in [7, 11) is 0. The van der Waals surface area contributed by atoms with E-state index in [2.05, 4.69) is 20.9 Å². The molecule has 76 valence electrons. The van der Waals surface area contributed by atoms with Gasteiger partial charge in [-0.3, -0.25) is 15.1 Å². The van der Waals surface area contributed by atoms with E-state index >= 15 is 0 Å². The number of fused-ring (bicyclic) bond motifs is 1. The van der Waals surface area contributed by atoms with Crippen LogP contribution in [0, 0.1) is 10.1 Å². The van der Waals surface area contributed by atoms with Gasteiger partial charge in [0.1, 0.15) is 0 Å². The van der Waals surface area contributed by atoms with E-state index in [-0.39, 0.29) is 5.69 Å². The predicted molar refractivity (Wildman–Crippen MR) is 60.5 cm³/mol. The minimum absolute atomic E-state index is 0.00843. The van der Waals surface area contributed by atoms with Gasteiger partial charge in [0.05, 0.1) is 20.6 Å². The second-order valence-electron chi connectivity index (χ2n) is 2.98. The van der Waals surface area contributed by atoms with Crippen LogP contribution in [-0.2, 0) is 0 Å². The first-order valence-electron chi connectivity index (χ1n) is 4.07. The topological polar surface area (TPSA) is 82.0 Å². The standard InChI is InChI=1S/C9H6BrN3O2/c10-7-4-12-8-2-1-5(13(14)15)3-6(8)9(7)11/h1-4H,(H2,11,12). The van der Waals surface area contributed by atoms with Gasteiger partial charge in [-0.25, -0.2) is 0 Å². The van der Waals surface area contributed by atoms with Crippen LogP contribution in [0.2, 0.25) is 0 Å². The highest BCUT2D eigenvalue weighted by Crippen LogP contribution is 2.29. The Morgan fingerprint density at radius 2 is 2.20 bits per heavy atom. The lowest BCUT2D eigenvalue weighted by atomic mass is 10.2. The van der Waals surface area contributed by atoms with E-state index in [4.69, 9.17) is 5.73 Å². The first kappa shape index (κ1) is 9.85. The molecule has 5 nitrogen and oxygen atoms in total. The fraction of sp³-hybridized carbons (Fsp3) is 0. The molecule has 0 radical (unpaired) electrons. The summed E-state index contributed by atoms with van der Waals surface area (Å²) in [6.45, 7) is 0. The summed E-state index contributed by atoms with van der Waals surface area (Å²) in [5, 5.41) is 11.2. The Morgan fingerprint density at radius 1 is 1.47 bits per heavy atom. The second kappa shape index (κ2) is 3.47. The van der Waals surface area contributed by atoms with Gasteiger partial charge in [-0.2, -0.15) is 0 Å². The smallest absolute Gasteiger partial charge is 0.270 e. The molecule has 0 atom stereocenters. The van der Waals surface area contributed by atoms with E-state index in [9.17, 15) is 10.1 Å². The number of halogens is 1. The molecule has 2 aromatic rings. The third-order valence-corrected chi connectivity index (χ3v) is 2.69. The average Bonchev–Trinajstić information content (AvgIpc) is 2.23. The van der Waals surface area contributed by atoms with Crippen molar-refractivity contribution in [1.29, 1.82) is 0 Å². The zero-order chi connectivity index (χ0) is 11.0. The van der Waals surface area contributed by atoms with Gasteiger partial charge in [-0.15, -0.1) is 0 Å². The van der Waals surface area contributed by atoms with E-state index in [0.29, 0.717) is 21.1 Å². The van der Waals surface area contributed by atoms with Crippen molar-refractivity contribution in [3.05, 3.63) is 39.0 Å². The molecule has 0 saturated carbocycles. The highest BCUT2D eigenvalue weighted by atomic mass is 79.9. The van der Waals surface area contributed by atoms with Crippen LogP contribution in [0.25, 0.3) is 10.9 Å². The Hall–Kier alpha value is -1.69. The minimum atomic E-state index is -0.459. The summed E-state index contributed by atoms with van der Waals surface area (Å²) in [6.07, 6.45) is 1.57. The lowest BCUT2D eigenvalue weighted by Crippen LogP contribution is -1.93. The molecule has 0 bridgehead atoms. The SMILES string of the molecule is Nc1c(Br)cnc2ccc([N+](=O)[O-])cc12. The molecule has 1 heterocycles. The molecule has 2 rings (SSSR count). The van der Waals surface area contributed by atoms with Crippen LogP contribution in [0.3, 0.4) is 0 Å². The number of rotatable bonds is 1. The summed E-state index contributed by atoms with van der Waals surface area (Å²) in [5.74, 6) is 0. The second-order valence-corrected chi connectivity index (χ2v) is 3.83. The number of hydrogen-bond acceptors (Lipinski definition) is 4. The quantitative estimate of drug-likeness (QED) is 0.636. The molecule has 0 aliphatic carbocycles. The maximum Gasteiger partial charge on any atom is 0.270 e. The molecule has 6 heteroatoms. The van der Waals surface area contributed by atoms with Gasteiger partial charge in [0, 0.05) is 23.7 Å². The van der Waals surface area contributed by atoms with Crippen molar-refractivity contribution < 1.29 is 4.92 Å². The van der Waals surface area contributed by atoms with Gasteiger partial charge in [-0.05, 0) is 22.0 Å². The normalized spacial score (nSPS) is 10.5. The molecule has 0 aliphatic heterocycles. The van der Waals surface area contributed by atoms with Gasteiger partial charge in [0.2, 0.25) is 0 Å². The highest BCUT2D eigenvalue weighted by molar-refractivity contribution is 9.10. The zero-order valence-electron chi connectivity index (χ0n) is 7.48. The molecule has 15 heavy (non-hydrogen) atoms. The van der Waals surface area contributed by atoms with E-state index < -0.39 is 4.92 Å². The summed E-state index contributed by atoms with van der Waals surface area (Å²) in [6, 6.07) is 4.40. The Bertz CT molecular complexity index is 556. The van der Waals surface area contributed by atoms with Crippen molar-refractivity contribution in [2.24, 2.45) is 0 Å². The number of benzene rings is 1. The van der Waals surface area contributed by atoms with Crippen molar-refractivity contribution in [2.75, 3.05) is 5.73 Å². The van der Waals surface area contributed by atoms with Gasteiger partial charge in [0.25, 0.3) is 5.69 Å². The van der Waals surface area contributed by atoms with Crippen LogP contribution >= 0.6 is 15.9 Å². The van der Waals surface area contributed by atoms with Crippen LogP contribution in [0.5, 0.6) is 0 Å². The van der Waals surface area contributed by atoms with Crippen molar-refractivity contribution >= 4 is 38.2 Å². The number of hydrogen-bond donors (Lipinski definition) is 1. The van der Waals surface area contributed by atoms with Gasteiger partial charge < -0.3 is 5.73 Å². The molecule has 0 saturated heterocycles. The maximum atomic E-state index is 10.6. The van der Waals surface area contributed by atoms with Crippen LogP contribution in [-0.4, -0.2) is 9.91 Å². The first-order chi connectivity index (χ1) is 7.09. The van der Waals surface area contributed by atoms with E-state index in [1.807, 2.05) is 0 Å². The molecular formula is C9H6BrN3O2. The Balaban J connectivity index is 2.79. The fourth-order valence-electron chi connectivity index (χ4n) is 1.29. The average molecular weight is 268 g/mol. The zero-order valence-corrected chi connectivity index (χ0v) is 9.06. The number of nitro benzene ring substituents is 1. The number of pyridine rings is 1. The summed E-state index contributed by atoms with van der Waals surface area (Å²) in [4.78, 5) is 14.2. The molecule has 2 N–H and O–H groups in total.